The van der Waals surface area contributed by atoms with Gasteiger partial charge < -0.3 is 10.6 Å². The topological polar surface area (TPSA) is 99.7 Å². The van der Waals surface area contributed by atoms with Gasteiger partial charge in [0.1, 0.15) is 4.21 Å². The zero-order valence-corrected chi connectivity index (χ0v) is 17.7. The maximum atomic E-state index is 12.0. The molecule has 1 aromatic rings. The van der Waals surface area contributed by atoms with Crippen LogP contribution in [0.4, 0.5) is 0 Å². The molecule has 1 fully saturated rings. The van der Waals surface area contributed by atoms with E-state index in [4.69, 9.17) is 0 Å². The molecule has 3 N–H and O–H groups in total. The molecule has 0 aliphatic heterocycles. The van der Waals surface area contributed by atoms with E-state index >= 15 is 0 Å². The van der Waals surface area contributed by atoms with Gasteiger partial charge in [-0.15, -0.1) is 11.3 Å². The van der Waals surface area contributed by atoms with Crippen molar-refractivity contribution in [3.05, 3.63) is 17.5 Å². The van der Waals surface area contributed by atoms with Gasteiger partial charge >= 0.3 is 0 Å². The van der Waals surface area contributed by atoms with Crippen LogP contribution in [0.15, 0.2) is 26.7 Å². The number of rotatable bonds is 8. The molecule has 1 saturated carbocycles. The zero-order chi connectivity index (χ0) is 19.0. The normalized spacial score (nSPS) is 22.8. The molecule has 3 unspecified atom stereocenters. The lowest BCUT2D eigenvalue weighted by Crippen LogP contribution is -2.48. The maximum Gasteiger partial charge on any atom is 0.250 e. The molecule has 0 amide bonds. The minimum Gasteiger partial charge on any atom is -0.355 e. The van der Waals surface area contributed by atoms with Gasteiger partial charge in [0.15, 0.2) is 5.96 Å². The molecule has 0 aromatic carbocycles. The third kappa shape index (κ3) is 6.33. The summed E-state index contributed by atoms with van der Waals surface area (Å²) in [7, 11) is -2.50. The smallest absolute Gasteiger partial charge is 0.250 e. The van der Waals surface area contributed by atoms with E-state index < -0.39 is 20.8 Å². The molecule has 3 atom stereocenters. The summed E-state index contributed by atoms with van der Waals surface area (Å²) in [4.78, 5) is 4.20. The van der Waals surface area contributed by atoms with Crippen molar-refractivity contribution >= 4 is 38.1 Å². The van der Waals surface area contributed by atoms with Gasteiger partial charge in [-0.2, -0.15) is 0 Å². The average molecular weight is 421 g/mol. The first-order chi connectivity index (χ1) is 12.5. The van der Waals surface area contributed by atoms with Gasteiger partial charge in [-0.1, -0.05) is 19.4 Å². The van der Waals surface area contributed by atoms with Crippen LogP contribution >= 0.6 is 11.3 Å². The largest absolute Gasteiger partial charge is 0.355 e. The Morgan fingerprint density at radius 3 is 2.85 bits per heavy atom. The minimum atomic E-state index is -3.43. The Morgan fingerprint density at radius 2 is 2.19 bits per heavy atom. The van der Waals surface area contributed by atoms with Crippen molar-refractivity contribution in [3.63, 3.8) is 0 Å². The van der Waals surface area contributed by atoms with Crippen LogP contribution in [0.2, 0.25) is 0 Å². The van der Waals surface area contributed by atoms with Crippen LogP contribution in [-0.4, -0.2) is 55.8 Å². The van der Waals surface area contributed by atoms with Crippen molar-refractivity contribution in [1.82, 2.24) is 15.4 Å². The Morgan fingerprint density at radius 1 is 1.38 bits per heavy atom. The van der Waals surface area contributed by atoms with Crippen LogP contribution in [0.3, 0.4) is 0 Å². The van der Waals surface area contributed by atoms with Crippen LogP contribution in [0.25, 0.3) is 0 Å². The summed E-state index contributed by atoms with van der Waals surface area (Å²) < 4.78 is 39.0. The highest BCUT2D eigenvalue weighted by Crippen LogP contribution is 2.23. The van der Waals surface area contributed by atoms with Crippen molar-refractivity contribution in [3.8, 4) is 0 Å². The molecule has 10 heteroatoms. The van der Waals surface area contributed by atoms with Gasteiger partial charge in [0.2, 0.25) is 10.0 Å². The third-order valence-corrected chi connectivity index (χ3v) is 8.92. The number of guanidine groups is 1. The van der Waals surface area contributed by atoms with Crippen LogP contribution in [-0.2, 0) is 20.8 Å². The number of aliphatic imine (C=N–C) groups is 1. The molecule has 1 aliphatic rings. The standard InChI is InChI=1S/C16H28N4O3S3/c1-3-25(21)14-7-4-6-13(12-14)20-16(17-2)18-9-10-19-26(22,23)15-8-5-11-24-15/h5,8,11,13-14,19H,3-4,6-7,9-10,12H2,1-2H3,(H2,17,18,20). The van der Waals surface area contributed by atoms with Gasteiger partial charge in [0.05, 0.1) is 0 Å². The Balaban J connectivity index is 1.75. The summed E-state index contributed by atoms with van der Waals surface area (Å²) in [6, 6.07) is 3.55. The highest BCUT2D eigenvalue weighted by molar-refractivity contribution is 7.91. The van der Waals surface area contributed by atoms with E-state index in [0.717, 1.165) is 25.7 Å². The molecule has 0 saturated heterocycles. The lowest BCUT2D eigenvalue weighted by atomic mass is 9.95. The Labute approximate surface area is 162 Å². The predicted octanol–water partition coefficient (Wildman–Crippen LogP) is 1.27. The second kappa shape index (κ2) is 10.4. The second-order valence-corrected chi connectivity index (χ2v) is 11.1. The number of sulfonamides is 1. The number of hydrogen-bond acceptors (Lipinski definition) is 5. The van der Waals surface area contributed by atoms with E-state index in [0.29, 0.717) is 22.5 Å². The number of nitrogens with one attached hydrogen (secondary N) is 3. The fraction of sp³-hybridized carbons (Fsp3) is 0.688. The van der Waals surface area contributed by atoms with E-state index in [9.17, 15) is 12.6 Å². The van der Waals surface area contributed by atoms with Crippen molar-refractivity contribution in [2.45, 2.75) is 48.1 Å². The van der Waals surface area contributed by atoms with Gasteiger partial charge in [0.25, 0.3) is 0 Å². The fourth-order valence-electron chi connectivity index (χ4n) is 2.99. The van der Waals surface area contributed by atoms with Gasteiger partial charge in [0, 0.05) is 48.0 Å². The quantitative estimate of drug-likeness (QED) is 0.334. The average Bonchev–Trinajstić information content (AvgIpc) is 3.19. The highest BCUT2D eigenvalue weighted by Gasteiger charge is 2.26. The summed E-state index contributed by atoms with van der Waals surface area (Å²) >= 11 is 1.19. The van der Waals surface area contributed by atoms with Crippen LogP contribution in [0.1, 0.15) is 32.6 Å². The molecule has 0 bridgehead atoms. The Bertz CT molecular complexity index is 704. The molecule has 0 radical (unpaired) electrons. The van der Waals surface area contributed by atoms with Crippen molar-refractivity contribution < 1.29 is 12.6 Å². The van der Waals surface area contributed by atoms with E-state index in [2.05, 4.69) is 20.3 Å². The first kappa shape index (κ1) is 21.3. The lowest BCUT2D eigenvalue weighted by Gasteiger charge is -2.30. The molecule has 148 valence electrons. The predicted molar refractivity (Wildman–Crippen MR) is 109 cm³/mol. The van der Waals surface area contributed by atoms with E-state index in [1.54, 1.807) is 24.6 Å². The SMILES string of the molecule is CCS(=O)C1CCCC(NC(=NC)NCCNS(=O)(=O)c2cccs2)C1. The van der Waals surface area contributed by atoms with E-state index in [1.165, 1.54) is 11.3 Å². The van der Waals surface area contributed by atoms with Crippen molar-refractivity contribution in [1.29, 1.82) is 0 Å². The summed E-state index contributed by atoms with van der Waals surface area (Å²) in [6.45, 7) is 2.67. The van der Waals surface area contributed by atoms with Crippen LogP contribution in [0.5, 0.6) is 0 Å². The maximum absolute atomic E-state index is 12.0. The molecule has 7 nitrogen and oxygen atoms in total. The van der Waals surface area contributed by atoms with Gasteiger partial charge in [-0.25, -0.2) is 13.1 Å². The number of thiophene rings is 1. The molecule has 1 heterocycles. The third-order valence-electron chi connectivity index (χ3n) is 4.32. The minimum absolute atomic E-state index is 0.248. The molecular formula is C16H28N4O3S3. The summed E-state index contributed by atoms with van der Waals surface area (Å²) in [5.74, 6) is 1.35. The van der Waals surface area contributed by atoms with Crippen molar-refractivity contribution in [2.24, 2.45) is 4.99 Å². The van der Waals surface area contributed by atoms with E-state index in [-0.39, 0.29) is 17.8 Å². The number of hydrogen-bond donors (Lipinski definition) is 3. The molecular weight excluding hydrogens is 392 g/mol. The highest BCUT2D eigenvalue weighted by atomic mass is 32.2. The zero-order valence-electron chi connectivity index (χ0n) is 15.2. The van der Waals surface area contributed by atoms with Gasteiger partial charge in [-0.3, -0.25) is 9.20 Å². The fourth-order valence-corrected chi connectivity index (χ4v) is 6.41. The molecule has 1 aliphatic carbocycles. The molecule has 26 heavy (non-hydrogen) atoms. The molecule has 2 rings (SSSR count). The first-order valence-electron chi connectivity index (χ1n) is 8.83. The van der Waals surface area contributed by atoms with Gasteiger partial charge in [-0.05, 0) is 30.7 Å². The summed E-state index contributed by atoms with van der Waals surface area (Å²) in [6.07, 6.45) is 4.00. The second-order valence-electron chi connectivity index (χ2n) is 6.13. The summed E-state index contributed by atoms with van der Waals surface area (Å²) in [5, 5.41) is 8.49. The monoisotopic (exact) mass is 420 g/mol. The summed E-state index contributed by atoms with van der Waals surface area (Å²) in [5.41, 5.74) is 0. The Kier molecular flexibility index (Phi) is 8.52. The molecule has 0 spiro atoms. The van der Waals surface area contributed by atoms with Crippen molar-refractivity contribution in [2.75, 3.05) is 25.9 Å². The first-order valence-corrected chi connectivity index (χ1v) is 12.6. The van der Waals surface area contributed by atoms with E-state index in [1.807, 2.05) is 6.92 Å². The lowest BCUT2D eigenvalue weighted by molar-refractivity contribution is 0.413. The Hall–Kier alpha value is -0.970. The van der Waals surface area contributed by atoms with Crippen LogP contribution in [0, 0.1) is 0 Å². The number of nitrogens with zero attached hydrogens (tertiary/aromatic N) is 1. The molecule has 1 aromatic heterocycles. The van der Waals surface area contributed by atoms with Crippen LogP contribution < -0.4 is 15.4 Å².